The Labute approximate surface area is 148 Å². The van der Waals surface area contributed by atoms with Crippen LogP contribution in [-0.4, -0.2) is 14.2 Å². The number of ether oxygens (including phenoxy) is 2. The van der Waals surface area contributed by atoms with E-state index in [0.717, 1.165) is 11.5 Å². The molecule has 0 bridgehead atoms. The van der Waals surface area contributed by atoms with E-state index >= 15 is 0 Å². The van der Waals surface area contributed by atoms with Crippen molar-refractivity contribution < 1.29 is 42.2 Å². The number of benzene rings is 2. The number of hydrogen-bond donors (Lipinski definition) is 0. The summed E-state index contributed by atoms with van der Waals surface area (Å²) in [4.78, 5) is 0. The maximum atomic E-state index is 5.12. The van der Waals surface area contributed by atoms with Gasteiger partial charge in [0.2, 0.25) is 0 Å². The molecule has 0 aliphatic heterocycles. The number of rotatable bonds is 3. The summed E-state index contributed by atoms with van der Waals surface area (Å²) in [5.41, 5.74) is 2.34. The minimum Gasteiger partial charge on any atom is -0.497 e. The molecule has 2 aromatic carbocycles. The molecule has 0 amide bonds. The molecule has 0 aliphatic carbocycles. The Balaban J connectivity index is 0. The third-order valence-electron chi connectivity index (χ3n) is 2.51. The van der Waals surface area contributed by atoms with Gasteiger partial charge in [-0.2, -0.15) is 0 Å². The van der Waals surface area contributed by atoms with Gasteiger partial charge >= 0.3 is 0 Å². The van der Waals surface area contributed by atoms with Crippen LogP contribution >= 0.6 is 0 Å². The zero-order chi connectivity index (χ0) is 13.4. The fraction of sp³-hybridized carbons (Fsp3) is 0.235. The zero-order valence-corrected chi connectivity index (χ0v) is 15.9. The predicted molar refractivity (Wildman–Crippen MR) is 82.7 cm³/mol. The van der Waals surface area contributed by atoms with E-state index < -0.39 is 0 Å². The van der Waals surface area contributed by atoms with Gasteiger partial charge in [-0.05, 0) is 35.4 Å². The summed E-state index contributed by atoms with van der Waals surface area (Å²) in [6.07, 6.45) is 0. The van der Waals surface area contributed by atoms with Gasteiger partial charge in [-0.15, -0.1) is 0 Å². The molecule has 0 N–H and O–H groups in total. The van der Waals surface area contributed by atoms with Gasteiger partial charge < -0.3 is 16.9 Å². The number of methoxy groups -OCH3 is 2. The molecule has 0 heterocycles. The Hall–Kier alpha value is -0.856. The standard InChI is InChI=1S/C14H14O2.C2H6.CH3.Y/c1-15-13-7-3-11(4-8-13)12-5-9-14(16-2)10-6-12;1-2;;/h3-10H,1-2H3;1-2H3;1H3;/q;;-1;. The van der Waals surface area contributed by atoms with Crippen molar-refractivity contribution in [3.8, 4) is 22.6 Å². The van der Waals surface area contributed by atoms with Crippen LogP contribution in [0.1, 0.15) is 13.8 Å². The van der Waals surface area contributed by atoms with Crippen molar-refractivity contribution in [2.45, 2.75) is 13.8 Å². The summed E-state index contributed by atoms with van der Waals surface area (Å²) in [6.45, 7) is 4.00. The Bertz CT molecular complexity index is 404. The van der Waals surface area contributed by atoms with Gasteiger partial charge in [0, 0.05) is 32.7 Å². The van der Waals surface area contributed by atoms with Crippen LogP contribution in [0.3, 0.4) is 0 Å². The first-order valence-electron chi connectivity index (χ1n) is 6.12. The van der Waals surface area contributed by atoms with Crippen molar-refractivity contribution in [2.75, 3.05) is 14.2 Å². The smallest absolute Gasteiger partial charge is 0.118 e. The van der Waals surface area contributed by atoms with Crippen LogP contribution in [0.15, 0.2) is 48.5 Å². The second-order valence-electron chi connectivity index (χ2n) is 3.46. The van der Waals surface area contributed by atoms with Crippen molar-refractivity contribution in [1.82, 2.24) is 0 Å². The third-order valence-corrected chi connectivity index (χ3v) is 2.51. The van der Waals surface area contributed by atoms with Crippen molar-refractivity contribution in [3.05, 3.63) is 56.0 Å². The summed E-state index contributed by atoms with van der Waals surface area (Å²) >= 11 is 0. The molecule has 0 saturated heterocycles. The van der Waals surface area contributed by atoms with Crippen molar-refractivity contribution in [1.29, 1.82) is 0 Å². The van der Waals surface area contributed by atoms with Gasteiger partial charge in [0.15, 0.2) is 0 Å². The average Bonchev–Trinajstić information content (AvgIpc) is 2.49. The Kier molecular flexibility index (Phi) is 12.8. The molecule has 2 nitrogen and oxygen atoms in total. The summed E-state index contributed by atoms with van der Waals surface area (Å²) < 4.78 is 10.2. The topological polar surface area (TPSA) is 18.5 Å². The first-order chi connectivity index (χ1) is 8.83. The summed E-state index contributed by atoms with van der Waals surface area (Å²) in [6, 6.07) is 16.0. The fourth-order valence-corrected chi connectivity index (χ4v) is 1.57. The second kappa shape index (κ2) is 11.9. The van der Waals surface area contributed by atoms with Crippen LogP contribution in [0, 0.1) is 7.43 Å². The van der Waals surface area contributed by atoms with E-state index in [1.807, 2.05) is 62.4 Å². The fourth-order valence-electron chi connectivity index (χ4n) is 1.57. The molecule has 1 radical (unpaired) electrons. The minimum absolute atomic E-state index is 0. The maximum Gasteiger partial charge on any atom is 0.118 e. The molecule has 0 saturated carbocycles. The van der Waals surface area contributed by atoms with Gasteiger partial charge in [-0.25, -0.2) is 0 Å². The van der Waals surface area contributed by atoms with Crippen LogP contribution in [0.25, 0.3) is 11.1 Å². The van der Waals surface area contributed by atoms with Crippen molar-refractivity contribution in [3.63, 3.8) is 0 Å². The van der Waals surface area contributed by atoms with Crippen molar-refractivity contribution >= 4 is 0 Å². The molecule has 107 valence electrons. The van der Waals surface area contributed by atoms with Crippen LogP contribution in [0.2, 0.25) is 0 Å². The molecule has 20 heavy (non-hydrogen) atoms. The molecule has 0 atom stereocenters. The summed E-state index contributed by atoms with van der Waals surface area (Å²) in [5, 5.41) is 0. The van der Waals surface area contributed by atoms with E-state index in [4.69, 9.17) is 9.47 Å². The van der Waals surface area contributed by atoms with Gasteiger partial charge in [-0.1, -0.05) is 38.1 Å². The molecule has 0 aliphatic rings. The molecule has 2 aromatic rings. The van der Waals surface area contributed by atoms with Gasteiger partial charge in [-0.3, -0.25) is 0 Å². The molecule has 0 unspecified atom stereocenters. The quantitative estimate of drug-likeness (QED) is 0.739. The molecule has 0 aromatic heterocycles. The van der Waals surface area contributed by atoms with E-state index in [1.54, 1.807) is 14.2 Å². The average molecular weight is 348 g/mol. The van der Waals surface area contributed by atoms with E-state index in [-0.39, 0.29) is 40.1 Å². The largest absolute Gasteiger partial charge is 0.497 e. The second-order valence-corrected chi connectivity index (χ2v) is 3.46. The van der Waals surface area contributed by atoms with E-state index in [1.165, 1.54) is 11.1 Å². The molecule has 0 fully saturated rings. The first kappa shape index (κ1) is 21.4. The SMILES string of the molecule is CC.COc1ccc(-c2ccc(OC)cc2)cc1.[CH3-].[Y]. The zero-order valence-electron chi connectivity index (χ0n) is 13.0. The Morgan fingerprint density at radius 2 is 0.850 bits per heavy atom. The third kappa shape index (κ3) is 6.06. The number of hydrogen-bond acceptors (Lipinski definition) is 2. The summed E-state index contributed by atoms with van der Waals surface area (Å²) in [5.74, 6) is 1.74. The van der Waals surface area contributed by atoms with E-state index in [0.29, 0.717) is 0 Å². The monoisotopic (exact) mass is 348 g/mol. The Morgan fingerprint density at radius 1 is 0.600 bits per heavy atom. The maximum absolute atomic E-state index is 5.12. The van der Waals surface area contributed by atoms with E-state index in [9.17, 15) is 0 Å². The minimum atomic E-state index is 0. The van der Waals surface area contributed by atoms with Gasteiger partial charge in [0.1, 0.15) is 11.5 Å². The predicted octanol–water partition coefficient (Wildman–Crippen LogP) is 4.84. The Morgan fingerprint density at radius 3 is 1.05 bits per heavy atom. The molecular weight excluding hydrogens is 325 g/mol. The summed E-state index contributed by atoms with van der Waals surface area (Å²) in [7, 11) is 3.34. The molecule has 0 spiro atoms. The normalized spacial score (nSPS) is 8.20. The van der Waals surface area contributed by atoms with Crippen LogP contribution in [-0.2, 0) is 32.7 Å². The van der Waals surface area contributed by atoms with Crippen LogP contribution in [0.4, 0.5) is 0 Å². The van der Waals surface area contributed by atoms with Crippen LogP contribution < -0.4 is 9.47 Å². The van der Waals surface area contributed by atoms with Crippen LogP contribution in [0.5, 0.6) is 11.5 Å². The van der Waals surface area contributed by atoms with Gasteiger partial charge in [0.05, 0.1) is 14.2 Å². The van der Waals surface area contributed by atoms with Gasteiger partial charge in [0.25, 0.3) is 0 Å². The molecule has 3 heteroatoms. The molecule has 2 rings (SSSR count). The molecular formula is C17H23O2Y-. The van der Waals surface area contributed by atoms with Crippen molar-refractivity contribution in [2.24, 2.45) is 0 Å². The van der Waals surface area contributed by atoms with E-state index in [2.05, 4.69) is 0 Å². The first-order valence-corrected chi connectivity index (χ1v) is 6.12.